The Morgan fingerprint density at radius 2 is 2.00 bits per heavy atom. The fourth-order valence-corrected chi connectivity index (χ4v) is 2.11. The van der Waals surface area contributed by atoms with E-state index >= 15 is 0 Å². The van der Waals surface area contributed by atoms with Gasteiger partial charge in [-0.25, -0.2) is 0 Å². The molecule has 126 valence electrons. The quantitative estimate of drug-likeness (QED) is 0.249. The lowest BCUT2D eigenvalue weighted by Crippen LogP contribution is -2.02. The molecule has 0 amide bonds. The number of non-ortho nitro benzene ring substituents is 1. The van der Waals surface area contributed by atoms with Crippen LogP contribution in [0.15, 0.2) is 54.1 Å². The molecule has 0 spiro atoms. The maximum atomic E-state index is 12.4. The Hall–Kier alpha value is -3.46. The zero-order valence-corrected chi connectivity index (χ0v) is 13.6. The van der Waals surface area contributed by atoms with Crippen LogP contribution in [0.4, 0.5) is 5.69 Å². The van der Waals surface area contributed by atoms with E-state index in [4.69, 9.17) is 4.74 Å². The maximum Gasteiger partial charge on any atom is 0.270 e. The number of benzene rings is 2. The van der Waals surface area contributed by atoms with Gasteiger partial charge >= 0.3 is 0 Å². The molecular weight excluding hydrogens is 320 g/mol. The summed E-state index contributed by atoms with van der Waals surface area (Å²) in [5.74, 6) is 0.153. The van der Waals surface area contributed by atoms with Gasteiger partial charge in [0.25, 0.3) is 5.69 Å². The number of carbonyl (C=O) groups excluding carboxylic acids is 1. The first-order valence-corrected chi connectivity index (χ1v) is 7.69. The number of nitro benzene ring substituents is 1. The number of carbonyl (C=O) groups is 1. The molecule has 0 saturated heterocycles. The lowest BCUT2D eigenvalue weighted by molar-refractivity contribution is -0.384. The summed E-state index contributed by atoms with van der Waals surface area (Å²) < 4.78 is 5.48. The van der Waals surface area contributed by atoms with E-state index < -0.39 is 10.7 Å². The Morgan fingerprint density at radius 3 is 2.60 bits per heavy atom. The highest BCUT2D eigenvalue weighted by atomic mass is 16.6. The minimum Gasteiger partial charge on any atom is -0.494 e. The predicted octanol–water partition coefficient (Wildman–Crippen LogP) is 4.17. The number of nitrogens with zero attached hydrogens (tertiary/aromatic N) is 2. The summed E-state index contributed by atoms with van der Waals surface area (Å²) in [5, 5.41) is 20.1. The summed E-state index contributed by atoms with van der Waals surface area (Å²) in [4.78, 5) is 22.7. The van der Waals surface area contributed by atoms with Crippen LogP contribution in [0.1, 0.15) is 29.3 Å². The molecule has 2 aromatic rings. The molecule has 0 N–H and O–H groups in total. The molecule has 6 nitrogen and oxygen atoms in total. The molecule has 0 aromatic heterocycles. The monoisotopic (exact) mass is 336 g/mol. The summed E-state index contributed by atoms with van der Waals surface area (Å²) in [6, 6.07) is 14.2. The van der Waals surface area contributed by atoms with Crippen molar-refractivity contribution in [3.8, 4) is 11.8 Å². The third-order valence-electron chi connectivity index (χ3n) is 3.35. The normalized spacial score (nSPS) is 10.8. The van der Waals surface area contributed by atoms with Gasteiger partial charge in [-0.05, 0) is 30.2 Å². The van der Waals surface area contributed by atoms with Gasteiger partial charge in [-0.2, -0.15) is 5.26 Å². The summed E-state index contributed by atoms with van der Waals surface area (Å²) in [5.41, 5.74) is 0.479. The molecule has 25 heavy (non-hydrogen) atoms. The highest BCUT2D eigenvalue weighted by Crippen LogP contribution is 2.19. The van der Waals surface area contributed by atoms with E-state index in [2.05, 4.69) is 0 Å². The average molecular weight is 336 g/mol. The van der Waals surface area contributed by atoms with Crippen molar-refractivity contribution in [1.82, 2.24) is 0 Å². The third kappa shape index (κ3) is 4.75. The third-order valence-corrected chi connectivity index (χ3v) is 3.35. The van der Waals surface area contributed by atoms with Crippen LogP contribution in [0.3, 0.4) is 0 Å². The molecule has 0 radical (unpaired) electrons. The van der Waals surface area contributed by atoms with Crippen LogP contribution < -0.4 is 4.74 Å². The lowest BCUT2D eigenvalue weighted by atomic mass is 10.0. The number of nitriles is 1. The van der Waals surface area contributed by atoms with E-state index in [0.29, 0.717) is 17.9 Å². The van der Waals surface area contributed by atoms with Crippen molar-refractivity contribution in [2.24, 2.45) is 0 Å². The molecule has 0 saturated carbocycles. The number of Topliss-reactive ketones (excluding diaryl/α,β-unsaturated/α-hetero) is 1. The van der Waals surface area contributed by atoms with E-state index in [9.17, 15) is 20.2 Å². The van der Waals surface area contributed by atoms with Gasteiger partial charge < -0.3 is 4.74 Å². The number of hydrogen-bond acceptors (Lipinski definition) is 5. The topological polar surface area (TPSA) is 93.2 Å². The van der Waals surface area contributed by atoms with Crippen molar-refractivity contribution >= 4 is 17.5 Å². The van der Waals surface area contributed by atoms with Gasteiger partial charge in [0.1, 0.15) is 17.4 Å². The van der Waals surface area contributed by atoms with Crippen LogP contribution >= 0.6 is 0 Å². The molecule has 0 bridgehead atoms. The minimum atomic E-state index is -0.582. The lowest BCUT2D eigenvalue weighted by Gasteiger charge is -2.04. The van der Waals surface area contributed by atoms with Crippen molar-refractivity contribution < 1.29 is 14.5 Å². The molecule has 0 unspecified atom stereocenters. The molecule has 0 aliphatic carbocycles. The molecule has 0 fully saturated rings. The van der Waals surface area contributed by atoms with Crippen LogP contribution in [-0.4, -0.2) is 17.3 Å². The van der Waals surface area contributed by atoms with Gasteiger partial charge in [0, 0.05) is 17.7 Å². The van der Waals surface area contributed by atoms with Gasteiger partial charge in [-0.1, -0.05) is 31.2 Å². The van der Waals surface area contributed by atoms with E-state index in [-0.39, 0.29) is 16.8 Å². The van der Waals surface area contributed by atoms with E-state index in [1.807, 2.05) is 13.0 Å². The fourth-order valence-electron chi connectivity index (χ4n) is 2.11. The second-order valence-corrected chi connectivity index (χ2v) is 5.22. The Balaban J connectivity index is 2.25. The summed E-state index contributed by atoms with van der Waals surface area (Å²) in [6.45, 7) is 2.62. The number of nitro groups is 1. The first-order chi connectivity index (χ1) is 12.0. The van der Waals surface area contributed by atoms with Crippen molar-refractivity contribution in [3.63, 3.8) is 0 Å². The minimum absolute atomic E-state index is 0.0947. The van der Waals surface area contributed by atoms with E-state index in [1.54, 1.807) is 24.3 Å². The van der Waals surface area contributed by atoms with Crippen LogP contribution in [-0.2, 0) is 0 Å². The average Bonchev–Trinajstić information content (AvgIpc) is 2.65. The second kappa shape index (κ2) is 8.41. The highest BCUT2D eigenvalue weighted by Gasteiger charge is 2.15. The fraction of sp³-hybridized carbons (Fsp3) is 0.158. The predicted molar refractivity (Wildman–Crippen MR) is 93.2 cm³/mol. The first kappa shape index (κ1) is 17.9. The summed E-state index contributed by atoms with van der Waals surface area (Å²) in [6.07, 6.45) is 2.35. The summed E-state index contributed by atoms with van der Waals surface area (Å²) >= 11 is 0. The van der Waals surface area contributed by atoms with Crippen molar-refractivity contribution in [1.29, 1.82) is 5.26 Å². The zero-order valence-electron chi connectivity index (χ0n) is 13.6. The van der Waals surface area contributed by atoms with Crippen LogP contribution in [0.25, 0.3) is 6.08 Å². The van der Waals surface area contributed by atoms with Gasteiger partial charge in [0.15, 0.2) is 0 Å². The van der Waals surface area contributed by atoms with Crippen LogP contribution in [0.2, 0.25) is 0 Å². The van der Waals surface area contributed by atoms with E-state index in [1.165, 1.54) is 24.3 Å². The molecule has 0 aliphatic rings. The van der Waals surface area contributed by atoms with Crippen molar-refractivity contribution in [3.05, 3.63) is 75.3 Å². The van der Waals surface area contributed by atoms with E-state index in [0.717, 1.165) is 12.5 Å². The molecule has 0 aliphatic heterocycles. The van der Waals surface area contributed by atoms with Crippen molar-refractivity contribution in [2.75, 3.05) is 6.61 Å². The Bertz CT molecular complexity index is 848. The van der Waals surface area contributed by atoms with Crippen LogP contribution in [0.5, 0.6) is 5.75 Å². The number of ether oxygens (including phenoxy) is 1. The van der Waals surface area contributed by atoms with Gasteiger partial charge in [-0.15, -0.1) is 0 Å². The number of ketones is 1. The smallest absolute Gasteiger partial charge is 0.270 e. The molecular formula is C19H16N2O4. The molecule has 2 aromatic carbocycles. The largest absolute Gasteiger partial charge is 0.494 e. The number of hydrogen-bond donors (Lipinski definition) is 0. The maximum absolute atomic E-state index is 12.4. The Morgan fingerprint density at radius 1 is 1.28 bits per heavy atom. The van der Waals surface area contributed by atoms with Gasteiger partial charge in [0.05, 0.1) is 11.5 Å². The zero-order chi connectivity index (χ0) is 18.2. The van der Waals surface area contributed by atoms with Gasteiger partial charge in [-0.3, -0.25) is 14.9 Å². The van der Waals surface area contributed by atoms with Crippen LogP contribution in [0, 0.1) is 21.4 Å². The number of rotatable bonds is 7. The summed E-state index contributed by atoms with van der Waals surface area (Å²) in [7, 11) is 0. The molecule has 6 heteroatoms. The second-order valence-electron chi connectivity index (χ2n) is 5.22. The first-order valence-electron chi connectivity index (χ1n) is 7.69. The van der Waals surface area contributed by atoms with Crippen molar-refractivity contribution in [2.45, 2.75) is 13.3 Å². The molecule has 2 rings (SSSR count). The molecule has 0 heterocycles. The standard InChI is InChI=1S/C19H16N2O4/c1-2-10-25-18-8-6-14(7-9-18)11-16(13-20)19(22)15-4-3-5-17(12-15)21(23)24/h3-9,11-12H,2,10H2,1H3/b16-11-. The highest BCUT2D eigenvalue weighted by molar-refractivity contribution is 6.14. The number of allylic oxidation sites excluding steroid dienone is 1. The Kier molecular flexibility index (Phi) is 6.02. The molecule has 0 atom stereocenters. The van der Waals surface area contributed by atoms with Gasteiger partial charge in [0.2, 0.25) is 5.78 Å². The SMILES string of the molecule is CCCOc1ccc(/C=C(/C#N)C(=O)c2cccc([N+](=O)[O-])c2)cc1. The Labute approximate surface area is 145 Å².